The third-order valence-corrected chi connectivity index (χ3v) is 4.41. The summed E-state index contributed by atoms with van der Waals surface area (Å²) in [6, 6.07) is 2.10. The molecule has 1 aromatic rings. The standard InChI is InChI=1S/C10H14Br2N2O2/c11-7-5-9(16-10(7)12)8(6-13)14-1-3-15-4-2-14/h5,8H,1-4,6,13H2. The Labute approximate surface area is 111 Å². The smallest absolute Gasteiger partial charge is 0.183 e. The summed E-state index contributed by atoms with van der Waals surface area (Å²) < 4.78 is 12.6. The quantitative estimate of drug-likeness (QED) is 0.904. The molecule has 1 saturated heterocycles. The van der Waals surface area contributed by atoms with Crippen molar-refractivity contribution in [3.05, 3.63) is 21.0 Å². The molecule has 0 spiro atoms. The summed E-state index contributed by atoms with van der Waals surface area (Å²) in [5.41, 5.74) is 5.82. The molecule has 0 radical (unpaired) electrons. The molecule has 0 bridgehead atoms. The average Bonchev–Trinajstić information content (AvgIpc) is 2.61. The maximum Gasteiger partial charge on any atom is 0.183 e. The Morgan fingerprint density at radius 3 is 2.56 bits per heavy atom. The van der Waals surface area contributed by atoms with Crippen LogP contribution in [0.15, 0.2) is 19.6 Å². The molecule has 90 valence electrons. The highest BCUT2D eigenvalue weighted by Crippen LogP contribution is 2.32. The van der Waals surface area contributed by atoms with Gasteiger partial charge in [-0.1, -0.05) is 0 Å². The van der Waals surface area contributed by atoms with Crippen molar-refractivity contribution in [2.24, 2.45) is 5.73 Å². The Morgan fingerprint density at radius 2 is 2.06 bits per heavy atom. The van der Waals surface area contributed by atoms with Crippen molar-refractivity contribution >= 4 is 31.9 Å². The average molecular weight is 354 g/mol. The molecule has 1 aromatic heterocycles. The van der Waals surface area contributed by atoms with Gasteiger partial charge in [-0.3, -0.25) is 4.90 Å². The van der Waals surface area contributed by atoms with E-state index in [1.807, 2.05) is 6.07 Å². The third kappa shape index (κ3) is 2.68. The first-order valence-electron chi connectivity index (χ1n) is 5.19. The van der Waals surface area contributed by atoms with Gasteiger partial charge in [0.15, 0.2) is 4.67 Å². The molecule has 0 aromatic carbocycles. The van der Waals surface area contributed by atoms with Gasteiger partial charge in [0, 0.05) is 19.6 Å². The summed E-state index contributed by atoms with van der Waals surface area (Å²) in [4.78, 5) is 2.29. The van der Waals surface area contributed by atoms with Crippen LogP contribution in [0.4, 0.5) is 0 Å². The van der Waals surface area contributed by atoms with E-state index < -0.39 is 0 Å². The van der Waals surface area contributed by atoms with E-state index in [0.717, 1.165) is 36.5 Å². The fourth-order valence-corrected chi connectivity index (χ4v) is 2.47. The zero-order valence-electron chi connectivity index (χ0n) is 8.79. The van der Waals surface area contributed by atoms with Gasteiger partial charge in [-0.25, -0.2) is 0 Å². The second kappa shape index (κ2) is 5.64. The number of halogens is 2. The second-order valence-corrected chi connectivity index (χ2v) is 5.24. The van der Waals surface area contributed by atoms with E-state index in [-0.39, 0.29) is 6.04 Å². The van der Waals surface area contributed by atoms with Crippen LogP contribution in [0.3, 0.4) is 0 Å². The van der Waals surface area contributed by atoms with Crippen molar-refractivity contribution in [2.75, 3.05) is 32.8 Å². The highest BCUT2D eigenvalue weighted by atomic mass is 79.9. The number of hydrogen-bond donors (Lipinski definition) is 1. The Bertz CT molecular complexity index is 331. The Kier molecular flexibility index (Phi) is 4.43. The van der Waals surface area contributed by atoms with E-state index in [0.29, 0.717) is 11.2 Å². The molecular weight excluding hydrogens is 340 g/mol. The Hall–Kier alpha value is 0.120. The summed E-state index contributed by atoms with van der Waals surface area (Å²) in [6.07, 6.45) is 0. The van der Waals surface area contributed by atoms with Crippen molar-refractivity contribution < 1.29 is 9.15 Å². The molecule has 2 rings (SSSR count). The first-order valence-corrected chi connectivity index (χ1v) is 6.77. The molecule has 2 heterocycles. The van der Waals surface area contributed by atoms with Gasteiger partial charge in [0.25, 0.3) is 0 Å². The third-order valence-electron chi connectivity index (χ3n) is 2.70. The van der Waals surface area contributed by atoms with Crippen molar-refractivity contribution in [1.29, 1.82) is 0 Å². The Balaban J connectivity index is 2.14. The molecule has 0 amide bonds. The van der Waals surface area contributed by atoms with Gasteiger partial charge in [0.05, 0.1) is 23.7 Å². The fourth-order valence-electron chi connectivity index (χ4n) is 1.86. The largest absolute Gasteiger partial charge is 0.451 e. The summed E-state index contributed by atoms with van der Waals surface area (Å²) in [7, 11) is 0. The van der Waals surface area contributed by atoms with Gasteiger partial charge in [-0.2, -0.15) is 0 Å². The number of morpholine rings is 1. The number of nitrogens with two attached hydrogens (primary N) is 1. The van der Waals surface area contributed by atoms with Crippen LogP contribution in [-0.4, -0.2) is 37.7 Å². The maximum absolute atomic E-state index is 5.82. The molecule has 1 aliphatic rings. The minimum absolute atomic E-state index is 0.131. The first-order chi connectivity index (χ1) is 7.72. The summed E-state index contributed by atoms with van der Waals surface area (Å²) in [5, 5.41) is 0. The lowest BCUT2D eigenvalue weighted by atomic mass is 10.2. The van der Waals surface area contributed by atoms with Crippen LogP contribution in [0.2, 0.25) is 0 Å². The van der Waals surface area contributed by atoms with E-state index in [1.165, 1.54) is 0 Å². The van der Waals surface area contributed by atoms with Crippen LogP contribution in [0.25, 0.3) is 0 Å². The van der Waals surface area contributed by atoms with Crippen LogP contribution in [-0.2, 0) is 4.74 Å². The molecule has 2 N–H and O–H groups in total. The predicted molar refractivity (Wildman–Crippen MR) is 68.3 cm³/mol. The molecule has 0 saturated carbocycles. The lowest BCUT2D eigenvalue weighted by Crippen LogP contribution is -2.41. The molecule has 0 aliphatic carbocycles. The summed E-state index contributed by atoms with van der Waals surface area (Å²) >= 11 is 6.75. The molecule has 16 heavy (non-hydrogen) atoms. The molecule has 4 nitrogen and oxygen atoms in total. The zero-order chi connectivity index (χ0) is 11.5. The predicted octanol–water partition coefficient (Wildman–Crippen LogP) is 2.14. The van der Waals surface area contributed by atoms with Crippen molar-refractivity contribution in [1.82, 2.24) is 4.90 Å². The Morgan fingerprint density at radius 1 is 1.38 bits per heavy atom. The van der Waals surface area contributed by atoms with Crippen LogP contribution in [0.5, 0.6) is 0 Å². The molecule has 1 fully saturated rings. The number of ether oxygens (including phenoxy) is 1. The van der Waals surface area contributed by atoms with Gasteiger partial charge in [0.2, 0.25) is 0 Å². The summed E-state index contributed by atoms with van der Waals surface area (Å²) in [5.74, 6) is 0.892. The maximum atomic E-state index is 5.82. The van der Waals surface area contributed by atoms with E-state index in [1.54, 1.807) is 0 Å². The van der Waals surface area contributed by atoms with E-state index in [4.69, 9.17) is 14.9 Å². The number of furan rings is 1. The number of rotatable bonds is 3. The summed E-state index contributed by atoms with van der Waals surface area (Å²) in [6.45, 7) is 3.88. The highest BCUT2D eigenvalue weighted by molar-refractivity contribution is 9.13. The van der Waals surface area contributed by atoms with E-state index in [9.17, 15) is 0 Å². The molecule has 1 atom stereocenters. The fraction of sp³-hybridized carbons (Fsp3) is 0.600. The lowest BCUT2D eigenvalue weighted by Gasteiger charge is -2.32. The van der Waals surface area contributed by atoms with Crippen molar-refractivity contribution in [2.45, 2.75) is 6.04 Å². The SMILES string of the molecule is NCC(c1cc(Br)c(Br)o1)N1CCOCC1. The highest BCUT2D eigenvalue weighted by Gasteiger charge is 2.24. The van der Waals surface area contributed by atoms with Gasteiger partial charge >= 0.3 is 0 Å². The monoisotopic (exact) mass is 352 g/mol. The first kappa shape index (κ1) is 12.6. The molecule has 1 aliphatic heterocycles. The van der Waals surface area contributed by atoms with Crippen molar-refractivity contribution in [3.8, 4) is 0 Å². The second-order valence-electron chi connectivity index (χ2n) is 3.67. The van der Waals surface area contributed by atoms with Gasteiger partial charge < -0.3 is 14.9 Å². The minimum atomic E-state index is 0.131. The van der Waals surface area contributed by atoms with E-state index >= 15 is 0 Å². The van der Waals surface area contributed by atoms with Crippen LogP contribution < -0.4 is 5.73 Å². The van der Waals surface area contributed by atoms with Crippen molar-refractivity contribution in [3.63, 3.8) is 0 Å². The number of nitrogens with zero attached hydrogens (tertiary/aromatic N) is 1. The minimum Gasteiger partial charge on any atom is -0.451 e. The van der Waals surface area contributed by atoms with Crippen LogP contribution >= 0.6 is 31.9 Å². The molecular formula is C10H14Br2N2O2. The van der Waals surface area contributed by atoms with Gasteiger partial charge in [-0.05, 0) is 37.9 Å². The topological polar surface area (TPSA) is 51.6 Å². The van der Waals surface area contributed by atoms with Crippen LogP contribution in [0, 0.1) is 0 Å². The molecule has 6 heteroatoms. The van der Waals surface area contributed by atoms with Gasteiger partial charge in [0.1, 0.15) is 5.76 Å². The number of hydrogen-bond acceptors (Lipinski definition) is 4. The van der Waals surface area contributed by atoms with Gasteiger partial charge in [-0.15, -0.1) is 0 Å². The van der Waals surface area contributed by atoms with E-state index in [2.05, 4.69) is 36.8 Å². The lowest BCUT2D eigenvalue weighted by molar-refractivity contribution is 0.0134. The normalized spacial score (nSPS) is 19.9. The van der Waals surface area contributed by atoms with Crippen LogP contribution in [0.1, 0.15) is 11.8 Å². The molecule has 1 unspecified atom stereocenters. The zero-order valence-corrected chi connectivity index (χ0v) is 12.0.